The molecule has 0 saturated heterocycles. The first-order valence-corrected chi connectivity index (χ1v) is 10.4. The Morgan fingerprint density at radius 3 is 0.913 bits per heavy atom. The Morgan fingerprint density at radius 1 is 0.435 bits per heavy atom. The van der Waals surface area contributed by atoms with E-state index in [1.54, 1.807) is 0 Å². The summed E-state index contributed by atoms with van der Waals surface area (Å²) in [6.07, 6.45) is 16.8. The monoisotopic (exact) mass is 328 g/mol. The predicted molar refractivity (Wildman–Crippen MR) is 108 cm³/mol. The summed E-state index contributed by atoms with van der Waals surface area (Å²) in [5, 5.41) is 0. The third kappa shape index (κ3) is 27.1. The molecule has 0 unspecified atom stereocenters. The molecule has 0 aliphatic rings. The predicted octanol–water partition coefficient (Wildman–Crippen LogP) is 6.21. The van der Waals surface area contributed by atoms with Crippen molar-refractivity contribution in [2.24, 2.45) is 0 Å². The van der Waals surface area contributed by atoms with E-state index in [1.165, 1.54) is 96.7 Å². The van der Waals surface area contributed by atoms with Crippen molar-refractivity contribution >= 4 is 0 Å². The molecule has 2 heteroatoms. The summed E-state index contributed by atoms with van der Waals surface area (Å²) in [4.78, 5) is 4.74. The quantitative estimate of drug-likeness (QED) is 0.330. The van der Waals surface area contributed by atoms with E-state index in [1.807, 2.05) is 26.0 Å². The van der Waals surface area contributed by atoms with Crippen LogP contribution in [0.25, 0.3) is 0 Å². The molecule has 0 saturated carbocycles. The highest BCUT2D eigenvalue weighted by Gasteiger charge is 2.04. The molecule has 0 amide bonds. The van der Waals surface area contributed by atoms with E-state index in [2.05, 4.69) is 25.7 Å². The zero-order valence-corrected chi connectivity index (χ0v) is 17.5. The highest BCUT2D eigenvalue weighted by molar-refractivity contribution is 4.59. The van der Waals surface area contributed by atoms with Gasteiger partial charge in [-0.1, -0.05) is 78.6 Å². The molecule has 142 valence electrons. The average Bonchev–Trinajstić information content (AvgIpc) is 2.50. The molecule has 0 aliphatic heterocycles. The summed E-state index contributed by atoms with van der Waals surface area (Å²) in [6.45, 7) is 10.9. The summed E-state index contributed by atoms with van der Waals surface area (Å²) < 4.78 is 0. The van der Waals surface area contributed by atoms with Crippen molar-refractivity contribution in [2.45, 2.75) is 97.8 Å². The molecule has 0 aliphatic carbocycles. The van der Waals surface area contributed by atoms with E-state index >= 15 is 0 Å². The maximum Gasteiger partial charge on any atom is -0.00187 e. The molecule has 0 bridgehead atoms. The molecule has 0 aromatic carbocycles. The SMILES string of the molecule is CCCCCCN(CCCCCC)CCCCCC.CN(C)C. The third-order valence-electron chi connectivity index (χ3n) is 3.98. The Labute approximate surface area is 149 Å². The Morgan fingerprint density at radius 2 is 0.696 bits per heavy atom. The molecule has 0 atom stereocenters. The van der Waals surface area contributed by atoms with Gasteiger partial charge in [-0.25, -0.2) is 0 Å². The standard InChI is InChI=1S/C18H39N.C3H9N/c1-4-7-10-13-16-19(17-14-11-8-5-2)18-15-12-9-6-3;1-4(2)3/h4-18H2,1-3H3;1-3H3. The van der Waals surface area contributed by atoms with Crippen molar-refractivity contribution < 1.29 is 0 Å². The van der Waals surface area contributed by atoms with Crippen LogP contribution in [-0.4, -0.2) is 50.6 Å². The number of hydrogen-bond donors (Lipinski definition) is 0. The zero-order chi connectivity index (χ0) is 17.8. The van der Waals surface area contributed by atoms with Gasteiger partial charge < -0.3 is 9.80 Å². The maximum atomic E-state index is 2.74. The van der Waals surface area contributed by atoms with Crippen molar-refractivity contribution in [1.29, 1.82) is 0 Å². The molecule has 0 heterocycles. The normalized spacial score (nSPS) is 11.0. The number of nitrogens with zero attached hydrogens (tertiary/aromatic N) is 2. The topological polar surface area (TPSA) is 6.48 Å². The minimum atomic E-state index is 1.35. The van der Waals surface area contributed by atoms with Crippen LogP contribution in [0, 0.1) is 0 Å². The first-order valence-electron chi connectivity index (χ1n) is 10.4. The summed E-state index contributed by atoms with van der Waals surface area (Å²) >= 11 is 0. The molecular weight excluding hydrogens is 280 g/mol. The summed E-state index contributed by atoms with van der Waals surface area (Å²) in [7, 11) is 6.00. The highest BCUT2D eigenvalue weighted by Crippen LogP contribution is 2.08. The van der Waals surface area contributed by atoms with Crippen molar-refractivity contribution in [2.75, 3.05) is 40.8 Å². The fraction of sp³-hybridized carbons (Fsp3) is 1.00. The molecule has 0 aromatic rings. The van der Waals surface area contributed by atoms with E-state index in [0.717, 1.165) is 0 Å². The molecule has 2 nitrogen and oxygen atoms in total. The average molecular weight is 329 g/mol. The second kappa shape index (κ2) is 21.9. The first-order chi connectivity index (χ1) is 11.1. The summed E-state index contributed by atoms with van der Waals surface area (Å²) in [5.41, 5.74) is 0. The van der Waals surface area contributed by atoms with Gasteiger partial charge in [0.25, 0.3) is 0 Å². The largest absolute Gasteiger partial charge is 0.312 e. The van der Waals surface area contributed by atoms with Gasteiger partial charge >= 0.3 is 0 Å². The second-order valence-corrected chi connectivity index (χ2v) is 7.37. The lowest BCUT2D eigenvalue weighted by atomic mass is 10.1. The molecule has 23 heavy (non-hydrogen) atoms. The molecule has 0 rings (SSSR count). The lowest BCUT2D eigenvalue weighted by Gasteiger charge is -2.22. The van der Waals surface area contributed by atoms with Gasteiger partial charge in [-0.2, -0.15) is 0 Å². The summed E-state index contributed by atoms with van der Waals surface area (Å²) in [6, 6.07) is 0. The van der Waals surface area contributed by atoms with Crippen LogP contribution in [0.4, 0.5) is 0 Å². The van der Waals surface area contributed by atoms with Gasteiger partial charge in [0.15, 0.2) is 0 Å². The molecule has 0 N–H and O–H groups in total. The molecule has 0 fully saturated rings. The maximum absolute atomic E-state index is 2.74. The second-order valence-electron chi connectivity index (χ2n) is 7.37. The minimum Gasteiger partial charge on any atom is -0.312 e. The Bertz CT molecular complexity index is 161. The number of unbranched alkanes of at least 4 members (excludes halogenated alkanes) is 9. The van der Waals surface area contributed by atoms with Gasteiger partial charge in [0.1, 0.15) is 0 Å². The number of rotatable bonds is 15. The van der Waals surface area contributed by atoms with Crippen molar-refractivity contribution in [3.05, 3.63) is 0 Å². The first kappa shape index (κ1) is 25.2. The van der Waals surface area contributed by atoms with Gasteiger partial charge in [-0.05, 0) is 60.0 Å². The van der Waals surface area contributed by atoms with Crippen molar-refractivity contribution in [3.63, 3.8) is 0 Å². The van der Waals surface area contributed by atoms with Crippen LogP contribution in [0.5, 0.6) is 0 Å². The Hall–Kier alpha value is -0.0800. The van der Waals surface area contributed by atoms with E-state index in [0.29, 0.717) is 0 Å². The zero-order valence-electron chi connectivity index (χ0n) is 17.5. The summed E-state index contributed by atoms with van der Waals surface area (Å²) in [5.74, 6) is 0. The van der Waals surface area contributed by atoms with Crippen LogP contribution in [0.2, 0.25) is 0 Å². The smallest absolute Gasteiger partial charge is 0.00187 e. The molecule has 0 aromatic heterocycles. The van der Waals surface area contributed by atoms with Crippen molar-refractivity contribution in [1.82, 2.24) is 9.80 Å². The van der Waals surface area contributed by atoms with Gasteiger partial charge in [-0.3, -0.25) is 0 Å². The fourth-order valence-corrected chi connectivity index (χ4v) is 2.62. The number of hydrogen-bond acceptors (Lipinski definition) is 2. The van der Waals surface area contributed by atoms with Crippen LogP contribution in [0.3, 0.4) is 0 Å². The van der Waals surface area contributed by atoms with E-state index in [9.17, 15) is 0 Å². The van der Waals surface area contributed by atoms with Gasteiger partial charge in [-0.15, -0.1) is 0 Å². The van der Waals surface area contributed by atoms with Gasteiger partial charge in [0.2, 0.25) is 0 Å². The van der Waals surface area contributed by atoms with Gasteiger partial charge in [0, 0.05) is 0 Å². The fourth-order valence-electron chi connectivity index (χ4n) is 2.62. The Kier molecular flexibility index (Phi) is 24.0. The lowest BCUT2D eigenvalue weighted by molar-refractivity contribution is 0.255. The van der Waals surface area contributed by atoms with Gasteiger partial charge in [0.05, 0.1) is 0 Å². The lowest BCUT2D eigenvalue weighted by Crippen LogP contribution is -2.27. The molecule has 0 radical (unpaired) electrons. The van der Waals surface area contributed by atoms with Crippen LogP contribution < -0.4 is 0 Å². The van der Waals surface area contributed by atoms with Crippen molar-refractivity contribution in [3.8, 4) is 0 Å². The van der Waals surface area contributed by atoms with E-state index in [-0.39, 0.29) is 0 Å². The third-order valence-corrected chi connectivity index (χ3v) is 3.98. The van der Waals surface area contributed by atoms with E-state index in [4.69, 9.17) is 0 Å². The van der Waals surface area contributed by atoms with E-state index < -0.39 is 0 Å². The molecule has 0 spiro atoms. The Balaban J connectivity index is 0. The van der Waals surface area contributed by atoms with Crippen LogP contribution >= 0.6 is 0 Å². The van der Waals surface area contributed by atoms with Crippen LogP contribution in [-0.2, 0) is 0 Å². The molecular formula is C21H48N2. The minimum absolute atomic E-state index is 1.35. The van der Waals surface area contributed by atoms with Crippen LogP contribution in [0.15, 0.2) is 0 Å². The highest BCUT2D eigenvalue weighted by atomic mass is 15.1. The van der Waals surface area contributed by atoms with Crippen LogP contribution in [0.1, 0.15) is 97.8 Å².